The summed E-state index contributed by atoms with van der Waals surface area (Å²) in [5, 5.41) is 2.18. The minimum Gasteiger partial charge on any atom is -0.289 e. The number of ketones is 2. The Morgan fingerprint density at radius 1 is 0.500 bits per heavy atom. The van der Waals surface area contributed by atoms with E-state index in [2.05, 4.69) is 53.7 Å². The van der Waals surface area contributed by atoms with Gasteiger partial charge < -0.3 is 0 Å². The first-order chi connectivity index (χ1) is 20.1. The largest absolute Gasteiger partial charge is 0.289 e. The van der Waals surface area contributed by atoms with Gasteiger partial charge in [-0.3, -0.25) is 9.59 Å². The van der Waals surface area contributed by atoms with E-state index in [-0.39, 0.29) is 11.6 Å². The molecule has 2 aromatic carbocycles. The second-order valence-electron chi connectivity index (χ2n) is 13.9. The molecule has 4 aromatic rings. The highest BCUT2D eigenvalue weighted by atomic mass is 32.1. The third-order valence-electron chi connectivity index (χ3n) is 9.12. The summed E-state index contributed by atoms with van der Waals surface area (Å²) < 4.78 is 2.23. The van der Waals surface area contributed by atoms with Gasteiger partial charge in [-0.2, -0.15) is 0 Å². The molecule has 0 fully saturated rings. The molecule has 1 aliphatic carbocycles. The van der Waals surface area contributed by atoms with E-state index in [0.717, 1.165) is 44.8 Å². The van der Waals surface area contributed by atoms with E-state index in [1.165, 1.54) is 61.1 Å². The van der Waals surface area contributed by atoms with Gasteiger partial charge in [-0.15, -0.1) is 22.7 Å². The van der Waals surface area contributed by atoms with Crippen LogP contribution in [-0.2, 0) is 12.8 Å². The first kappa shape index (κ1) is 31.1. The minimum atomic E-state index is -0.0105. The molecule has 42 heavy (non-hydrogen) atoms. The predicted molar refractivity (Wildman–Crippen MR) is 183 cm³/mol. The number of aryl methyl sites for hydroxylation is 2. The fourth-order valence-electron chi connectivity index (χ4n) is 6.39. The van der Waals surface area contributed by atoms with Crippen LogP contribution in [0.3, 0.4) is 0 Å². The highest BCUT2D eigenvalue weighted by Gasteiger charge is 2.31. The molecule has 4 heteroatoms. The second-order valence-corrected chi connectivity index (χ2v) is 16.2. The molecule has 2 aromatic heterocycles. The smallest absolute Gasteiger partial charge is 0.194 e. The molecule has 2 nitrogen and oxygen atoms in total. The SMILES string of the molecule is CC(C)CCCC(C)CCc1cc2cc3c(cc2s1)C(=O)c1cc2cc(CCC(C)CCCC(C)C)sc2cc1C3=O. The molecule has 1 aliphatic rings. The molecule has 2 unspecified atom stereocenters. The molecule has 0 bridgehead atoms. The molecule has 0 saturated heterocycles. The van der Waals surface area contributed by atoms with Gasteiger partial charge in [0.25, 0.3) is 0 Å². The van der Waals surface area contributed by atoms with E-state index in [0.29, 0.717) is 34.1 Å². The number of carbonyl (C=O) groups is 2. The zero-order valence-corrected chi connectivity index (χ0v) is 28.1. The van der Waals surface area contributed by atoms with Crippen molar-refractivity contribution < 1.29 is 9.59 Å². The van der Waals surface area contributed by atoms with Gasteiger partial charge >= 0.3 is 0 Å². The molecule has 5 rings (SSSR count). The maximum atomic E-state index is 13.7. The molecule has 0 amide bonds. The average Bonchev–Trinajstić information content (AvgIpc) is 3.54. The van der Waals surface area contributed by atoms with Crippen molar-refractivity contribution in [2.24, 2.45) is 23.7 Å². The molecule has 0 aliphatic heterocycles. The van der Waals surface area contributed by atoms with Crippen LogP contribution >= 0.6 is 22.7 Å². The summed E-state index contributed by atoms with van der Waals surface area (Å²) in [6.45, 7) is 13.9. The number of hydrogen-bond acceptors (Lipinski definition) is 4. The van der Waals surface area contributed by atoms with Gasteiger partial charge in [0.05, 0.1) is 0 Å². The molecule has 0 saturated carbocycles. The third-order valence-corrected chi connectivity index (χ3v) is 11.4. The van der Waals surface area contributed by atoms with Crippen molar-refractivity contribution in [2.45, 2.75) is 106 Å². The van der Waals surface area contributed by atoms with Crippen molar-refractivity contribution >= 4 is 54.4 Å². The van der Waals surface area contributed by atoms with E-state index in [1.54, 1.807) is 22.7 Å². The van der Waals surface area contributed by atoms with Crippen LogP contribution in [-0.4, -0.2) is 11.6 Å². The summed E-state index contributed by atoms with van der Waals surface area (Å²) in [6, 6.07) is 12.4. The number of benzene rings is 2. The summed E-state index contributed by atoms with van der Waals surface area (Å²) in [4.78, 5) is 30.2. The fraction of sp³-hybridized carbons (Fsp3) is 0.526. The molecule has 0 N–H and O–H groups in total. The molecule has 0 spiro atoms. The van der Waals surface area contributed by atoms with Crippen molar-refractivity contribution in [3.05, 3.63) is 68.4 Å². The first-order valence-electron chi connectivity index (χ1n) is 16.3. The van der Waals surface area contributed by atoms with E-state index in [4.69, 9.17) is 0 Å². The summed E-state index contributed by atoms with van der Waals surface area (Å²) in [6.07, 6.45) is 12.3. The lowest BCUT2D eigenvalue weighted by atomic mass is 9.83. The number of carbonyl (C=O) groups excluding carboxylic acids is 2. The van der Waals surface area contributed by atoms with Crippen LogP contribution < -0.4 is 0 Å². The van der Waals surface area contributed by atoms with E-state index in [9.17, 15) is 9.59 Å². The van der Waals surface area contributed by atoms with Gasteiger partial charge in [-0.05, 0) is 96.5 Å². The number of thiophene rings is 2. The van der Waals surface area contributed by atoms with Crippen LogP contribution in [0.4, 0.5) is 0 Å². The van der Waals surface area contributed by atoms with Crippen molar-refractivity contribution in [2.75, 3.05) is 0 Å². The Bertz CT molecular complexity index is 1360. The van der Waals surface area contributed by atoms with Gasteiger partial charge in [0, 0.05) is 41.4 Å². The Labute approximate surface area is 260 Å². The van der Waals surface area contributed by atoms with Gasteiger partial charge in [0.2, 0.25) is 0 Å². The van der Waals surface area contributed by atoms with Crippen molar-refractivity contribution in [1.29, 1.82) is 0 Å². The van der Waals surface area contributed by atoms with Crippen molar-refractivity contribution in [1.82, 2.24) is 0 Å². The highest BCUT2D eigenvalue weighted by molar-refractivity contribution is 7.19. The van der Waals surface area contributed by atoms with Gasteiger partial charge in [0.15, 0.2) is 11.6 Å². The second kappa shape index (κ2) is 13.6. The van der Waals surface area contributed by atoms with E-state index in [1.807, 2.05) is 24.3 Å². The standard InChI is InChI=1S/C38H48O2S2/c1-23(2)9-7-11-25(5)13-15-29-17-27-19-31-33(21-35(27)41-29)38(40)32-20-28-18-30(42-36(28)22-34(32)37(31)39)16-14-26(6)12-8-10-24(3)4/h17-26H,7-16H2,1-6H3. The number of fused-ring (bicyclic) bond motifs is 4. The molecule has 224 valence electrons. The molecule has 0 radical (unpaired) electrons. The first-order valence-corrected chi connectivity index (χ1v) is 17.9. The topological polar surface area (TPSA) is 34.1 Å². The van der Waals surface area contributed by atoms with Gasteiger partial charge in [0.1, 0.15) is 0 Å². The maximum Gasteiger partial charge on any atom is 0.194 e. The zero-order chi connectivity index (χ0) is 30.0. The summed E-state index contributed by atoms with van der Waals surface area (Å²) in [7, 11) is 0. The quantitative estimate of drug-likeness (QED) is 0.127. The van der Waals surface area contributed by atoms with E-state index >= 15 is 0 Å². The molecular weight excluding hydrogens is 553 g/mol. The van der Waals surface area contributed by atoms with Crippen LogP contribution in [0.25, 0.3) is 20.2 Å². The van der Waals surface area contributed by atoms with Crippen LogP contribution in [0.1, 0.15) is 135 Å². The summed E-state index contributed by atoms with van der Waals surface area (Å²) in [5.74, 6) is 2.96. The zero-order valence-electron chi connectivity index (χ0n) is 26.5. The predicted octanol–water partition coefficient (Wildman–Crippen LogP) is 11.7. The summed E-state index contributed by atoms with van der Waals surface area (Å²) in [5.41, 5.74) is 2.27. The highest BCUT2D eigenvalue weighted by Crippen LogP contribution is 2.38. The Kier molecular flexibility index (Phi) is 10.0. The Morgan fingerprint density at radius 3 is 1.26 bits per heavy atom. The van der Waals surface area contributed by atoms with Crippen LogP contribution in [0.2, 0.25) is 0 Å². The molecular formula is C38H48O2S2. The number of hydrogen-bond donors (Lipinski definition) is 0. The average molecular weight is 601 g/mol. The van der Waals surface area contributed by atoms with Crippen LogP contribution in [0.5, 0.6) is 0 Å². The molecule has 2 heterocycles. The lowest BCUT2D eigenvalue weighted by Gasteiger charge is -2.17. The van der Waals surface area contributed by atoms with Crippen LogP contribution in [0, 0.1) is 23.7 Å². The minimum absolute atomic E-state index is 0.0105. The fourth-order valence-corrected chi connectivity index (χ4v) is 8.59. The number of rotatable bonds is 14. The Hall–Kier alpha value is -2.30. The summed E-state index contributed by atoms with van der Waals surface area (Å²) >= 11 is 3.57. The molecule has 2 atom stereocenters. The monoisotopic (exact) mass is 600 g/mol. The van der Waals surface area contributed by atoms with Crippen LogP contribution in [0.15, 0.2) is 36.4 Å². The Morgan fingerprint density at radius 2 is 0.881 bits per heavy atom. The van der Waals surface area contributed by atoms with E-state index < -0.39 is 0 Å². The lowest BCUT2D eigenvalue weighted by molar-refractivity contribution is 0.0979. The normalized spacial score (nSPS) is 14.8. The third kappa shape index (κ3) is 7.25. The Balaban J connectivity index is 1.29. The lowest BCUT2D eigenvalue weighted by Crippen LogP contribution is -2.20. The maximum absolute atomic E-state index is 13.7. The van der Waals surface area contributed by atoms with Crippen molar-refractivity contribution in [3.63, 3.8) is 0 Å². The van der Waals surface area contributed by atoms with Gasteiger partial charge in [-0.1, -0.05) is 80.1 Å². The van der Waals surface area contributed by atoms with Gasteiger partial charge in [-0.25, -0.2) is 0 Å². The van der Waals surface area contributed by atoms with Crippen molar-refractivity contribution in [3.8, 4) is 0 Å².